The van der Waals surface area contributed by atoms with Gasteiger partial charge in [0.1, 0.15) is 0 Å². The van der Waals surface area contributed by atoms with E-state index in [1.807, 2.05) is 0 Å². The van der Waals surface area contributed by atoms with Crippen LogP contribution in [-0.2, 0) is 14.8 Å². The minimum atomic E-state index is -3.66. The molecule has 104 valence electrons. The lowest BCUT2D eigenvalue weighted by Gasteiger charge is -2.17. The summed E-state index contributed by atoms with van der Waals surface area (Å²) in [5, 5.41) is 0. The van der Waals surface area contributed by atoms with E-state index in [0.29, 0.717) is 13.0 Å². The molecule has 0 aliphatic carbocycles. The second kappa shape index (κ2) is 5.74. The summed E-state index contributed by atoms with van der Waals surface area (Å²) in [5.74, 6) is -0.365. The molecule has 19 heavy (non-hydrogen) atoms. The first kappa shape index (κ1) is 14.1. The molecule has 1 aliphatic heterocycles. The summed E-state index contributed by atoms with van der Waals surface area (Å²) in [7, 11) is -3.66. The van der Waals surface area contributed by atoms with E-state index in [1.165, 1.54) is 12.1 Å². The number of rotatable bonds is 5. The van der Waals surface area contributed by atoms with Gasteiger partial charge in [-0.3, -0.25) is 4.79 Å². The highest BCUT2D eigenvalue weighted by Gasteiger charge is 2.38. The quantitative estimate of drug-likeness (QED) is 0.833. The van der Waals surface area contributed by atoms with E-state index in [-0.39, 0.29) is 16.7 Å². The van der Waals surface area contributed by atoms with E-state index in [2.05, 4.69) is 6.92 Å². The number of hydrogen-bond donors (Lipinski definition) is 0. The molecule has 0 bridgehead atoms. The molecule has 0 radical (unpaired) electrons. The van der Waals surface area contributed by atoms with E-state index in [1.54, 1.807) is 18.2 Å². The third-order valence-corrected chi connectivity index (χ3v) is 5.32. The molecule has 2 rings (SSSR count). The third-order valence-electron chi connectivity index (χ3n) is 3.51. The van der Waals surface area contributed by atoms with Crippen LogP contribution in [0.25, 0.3) is 0 Å². The van der Waals surface area contributed by atoms with E-state index in [9.17, 15) is 13.2 Å². The fourth-order valence-electron chi connectivity index (χ4n) is 2.39. The van der Waals surface area contributed by atoms with Gasteiger partial charge >= 0.3 is 0 Å². The van der Waals surface area contributed by atoms with Crippen LogP contribution < -0.4 is 0 Å². The summed E-state index contributed by atoms with van der Waals surface area (Å²) < 4.78 is 25.8. The van der Waals surface area contributed by atoms with Crippen molar-refractivity contribution in [2.75, 3.05) is 6.54 Å². The van der Waals surface area contributed by atoms with Crippen LogP contribution >= 0.6 is 0 Å². The second-order valence-corrected chi connectivity index (χ2v) is 6.72. The number of hydrogen-bond acceptors (Lipinski definition) is 3. The average molecular weight is 281 g/mol. The second-order valence-electron chi connectivity index (χ2n) is 4.86. The molecule has 0 N–H and O–H groups in total. The Bertz CT molecular complexity index is 539. The molecule has 4 nitrogen and oxygen atoms in total. The van der Waals surface area contributed by atoms with Gasteiger partial charge in [-0.05, 0) is 25.0 Å². The molecule has 1 amide bonds. The zero-order valence-corrected chi connectivity index (χ0v) is 11.9. The van der Waals surface area contributed by atoms with Gasteiger partial charge in [0.2, 0.25) is 5.91 Å². The molecule has 0 aromatic heterocycles. The summed E-state index contributed by atoms with van der Waals surface area (Å²) in [6, 6.07) is 8.16. The molecular weight excluding hydrogens is 262 g/mol. The Kier molecular flexibility index (Phi) is 4.24. The fourth-order valence-corrected chi connectivity index (χ4v) is 3.87. The number of carbonyl (C=O) groups is 1. The minimum absolute atomic E-state index is 0.126. The highest BCUT2D eigenvalue weighted by Crippen LogP contribution is 2.28. The van der Waals surface area contributed by atoms with Crippen LogP contribution in [0.2, 0.25) is 0 Å². The van der Waals surface area contributed by atoms with Crippen molar-refractivity contribution in [3.63, 3.8) is 0 Å². The van der Waals surface area contributed by atoms with E-state index in [0.717, 1.165) is 23.6 Å². The Morgan fingerprint density at radius 2 is 1.95 bits per heavy atom. The van der Waals surface area contributed by atoms with Crippen LogP contribution in [0.15, 0.2) is 35.2 Å². The smallest absolute Gasteiger partial charge is 0.266 e. The Morgan fingerprint density at radius 1 is 1.26 bits per heavy atom. The van der Waals surface area contributed by atoms with Gasteiger partial charge in [0.05, 0.1) is 4.90 Å². The van der Waals surface area contributed by atoms with Crippen LogP contribution in [0.5, 0.6) is 0 Å². The van der Waals surface area contributed by atoms with E-state index in [4.69, 9.17) is 0 Å². The zero-order chi connectivity index (χ0) is 13.9. The van der Waals surface area contributed by atoms with Crippen molar-refractivity contribution >= 4 is 15.9 Å². The van der Waals surface area contributed by atoms with Crippen molar-refractivity contribution in [2.24, 2.45) is 5.92 Å². The first-order valence-electron chi connectivity index (χ1n) is 6.69. The molecule has 1 aliphatic rings. The minimum Gasteiger partial charge on any atom is -0.273 e. The Labute approximate surface area is 114 Å². The van der Waals surface area contributed by atoms with E-state index >= 15 is 0 Å². The van der Waals surface area contributed by atoms with Gasteiger partial charge in [0, 0.05) is 12.5 Å². The normalized spacial score (nSPS) is 19.9. The molecule has 1 unspecified atom stereocenters. The largest absolute Gasteiger partial charge is 0.273 e. The van der Waals surface area contributed by atoms with Crippen molar-refractivity contribution in [3.8, 4) is 0 Å². The topological polar surface area (TPSA) is 54.5 Å². The molecule has 0 saturated carbocycles. The summed E-state index contributed by atoms with van der Waals surface area (Å²) in [4.78, 5) is 12.4. The summed E-state index contributed by atoms with van der Waals surface area (Å²) in [6.45, 7) is 2.38. The van der Waals surface area contributed by atoms with Crippen LogP contribution in [0.1, 0.15) is 32.6 Å². The first-order valence-corrected chi connectivity index (χ1v) is 8.13. The molecule has 1 atom stereocenters. The summed E-state index contributed by atoms with van der Waals surface area (Å²) in [5.41, 5.74) is 0. The first-order chi connectivity index (χ1) is 9.07. The fraction of sp³-hybridized carbons (Fsp3) is 0.500. The van der Waals surface area contributed by atoms with Gasteiger partial charge in [0.15, 0.2) is 0 Å². The number of amides is 1. The third kappa shape index (κ3) is 2.81. The number of sulfonamides is 1. The molecule has 5 heteroatoms. The highest BCUT2D eigenvalue weighted by atomic mass is 32.2. The lowest BCUT2D eigenvalue weighted by atomic mass is 10.0. The summed E-state index contributed by atoms with van der Waals surface area (Å²) >= 11 is 0. The zero-order valence-electron chi connectivity index (χ0n) is 11.1. The van der Waals surface area contributed by atoms with Gasteiger partial charge in [-0.15, -0.1) is 0 Å². The number of benzene rings is 1. The van der Waals surface area contributed by atoms with Crippen molar-refractivity contribution in [1.82, 2.24) is 4.31 Å². The van der Waals surface area contributed by atoms with Gasteiger partial charge < -0.3 is 0 Å². The van der Waals surface area contributed by atoms with Crippen LogP contribution in [0, 0.1) is 5.92 Å². The maximum atomic E-state index is 12.4. The van der Waals surface area contributed by atoms with Gasteiger partial charge in [-0.25, -0.2) is 12.7 Å². The Morgan fingerprint density at radius 3 is 2.58 bits per heavy atom. The van der Waals surface area contributed by atoms with Gasteiger partial charge in [-0.2, -0.15) is 0 Å². The van der Waals surface area contributed by atoms with Gasteiger partial charge in [0.25, 0.3) is 10.0 Å². The number of carbonyl (C=O) groups excluding carboxylic acids is 1. The van der Waals surface area contributed by atoms with E-state index < -0.39 is 10.0 Å². The standard InChI is InChI=1S/C14H19NO3S/c1-2-3-7-12-10-11-15(14(12)16)19(17,18)13-8-5-4-6-9-13/h4-6,8-9,12H,2-3,7,10-11H2,1H3. The Hall–Kier alpha value is -1.36. The lowest BCUT2D eigenvalue weighted by molar-refractivity contribution is -0.127. The number of unbranched alkanes of at least 4 members (excludes halogenated alkanes) is 1. The molecular formula is C14H19NO3S. The molecule has 1 aromatic rings. The maximum Gasteiger partial charge on any atom is 0.266 e. The van der Waals surface area contributed by atoms with Crippen LogP contribution in [-0.4, -0.2) is 25.2 Å². The molecule has 1 heterocycles. The van der Waals surface area contributed by atoms with Crippen molar-refractivity contribution in [2.45, 2.75) is 37.5 Å². The predicted molar refractivity (Wildman–Crippen MR) is 73.0 cm³/mol. The van der Waals surface area contributed by atoms with Crippen molar-refractivity contribution in [3.05, 3.63) is 30.3 Å². The predicted octanol–water partition coefficient (Wildman–Crippen LogP) is 2.41. The lowest BCUT2D eigenvalue weighted by Crippen LogP contribution is -2.33. The SMILES string of the molecule is CCCCC1CCN(S(=O)(=O)c2ccccc2)C1=O. The molecule has 1 saturated heterocycles. The average Bonchev–Trinajstić information content (AvgIpc) is 2.79. The van der Waals surface area contributed by atoms with Crippen molar-refractivity contribution in [1.29, 1.82) is 0 Å². The van der Waals surface area contributed by atoms with Crippen LogP contribution in [0.3, 0.4) is 0 Å². The number of nitrogens with zero attached hydrogens (tertiary/aromatic N) is 1. The molecule has 0 spiro atoms. The van der Waals surface area contributed by atoms with Crippen molar-refractivity contribution < 1.29 is 13.2 Å². The molecule has 1 fully saturated rings. The maximum absolute atomic E-state index is 12.4. The highest BCUT2D eigenvalue weighted by molar-refractivity contribution is 7.89. The summed E-state index contributed by atoms with van der Waals surface area (Å²) in [6.07, 6.45) is 3.42. The van der Waals surface area contributed by atoms with Gasteiger partial charge in [-0.1, -0.05) is 38.0 Å². The monoisotopic (exact) mass is 281 g/mol. The van der Waals surface area contributed by atoms with Crippen LogP contribution in [0.4, 0.5) is 0 Å². The Balaban J connectivity index is 2.17. The molecule has 1 aromatic carbocycles.